The maximum absolute atomic E-state index is 13.0. The standard InChI is InChI=1S/C21H25N3O3S.ClH/c1-15-5-7-18(8-6-15)23-28(26,27)20-4-2-3-16(13-20)21(25)24-12-11-17-9-10-19(14-24)22-17;/h2-8,13,17,19,22-23H,9-12,14H2,1H3;1H. The van der Waals surface area contributed by atoms with Gasteiger partial charge in [-0.3, -0.25) is 9.52 Å². The van der Waals surface area contributed by atoms with Crippen molar-refractivity contribution in [2.24, 2.45) is 0 Å². The molecule has 0 spiro atoms. The molecule has 2 aliphatic rings. The largest absolute Gasteiger partial charge is 0.337 e. The molecule has 2 aromatic rings. The van der Waals surface area contributed by atoms with Gasteiger partial charge in [-0.05, 0) is 56.5 Å². The third-order valence-corrected chi connectivity index (χ3v) is 6.88. The average Bonchev–Trinajstić information content (AvgIpc) is 3.02. The van der Waals surface area contributed by atoms with E-state index in [1.165, 1.54) is 18.6 Å². The number of sulfonamides is 1. The van der Waals surface area contributed by atoms with Gasteiger partial charge in [0.05, 0.1) is 4.90 Å². The van der Waals surface area contributed by atoms with Crippen LogP contribution >= 0.6 is 12.4 Å². The quantitative estimate of drug-likeness (QED) is 0.773. The molecule has 0 radical (unpaired) electrons. The minimum Gasteiger partial charge on any atom is -0.337 e. The minimum absolute atomic E-state index is 0. The molecule has 0 aliphatic carbocycles. The topological polar surface area (TPSA) is 78.5 Å². The Balaban J connectivity index is 0.00000240. The first kappa shape index (κ1) is 21.6. The van der Waals surface area contributed by atoms with Crippen molar-refractivity contribution in [3.63, 3.8) is 0 Å². The maximum Gasteiger partial charge on any atom is 0.261 e. The SMILES string of the molecule is Cc1ccc(NS(=O)(=O)c2cccc(C(=O)N3CCC4CCC(C3)N4)c2)cc1.Cl. The zero-order valence-electron chi connectivity index (χ0n) is 16.3. The van der Waals surface area contributed by atoms with Gasteiger partial charge in [0.2, 0.25) is 0 Å². The van der Waals surface area contributed by atoms with Crippen LogP contribution in [0.5, 0.6) is 0 Å². The molecule has 0 saturated carbocycles. The number of rotatable bonds is 4. The van der Waals surface area contributed by atoms with E-state index in [0.29, 0.717) is 36.4 Å². The van der Waals surface area contributed by atoms with E-state index >= 15 is 0 Å². The van der Waals surface area contributed by atoms with E-state index in [2.05, 4.69) is 10.0 Å². The molecule has 1 amide bonds. The molecule has 2 aromatic carbocycles. The van der Waals surface area contributed by atoms with E-state index in [1.807, 2.05) is 24.0 Å². The number of hydrogen-bond acceptors (Lipinski definition) is 4. The summed E-state index contributed by atoms with van der Waals surface area (Å²) in [5.74, 6) is -0.110. The number of carbonyl (C=O) groups excluding carboxylic acids is 1. The molecule has 0 aromatic heterocycles. The third kappa shape index (κ3) is 4.91. The number of amides is 1. The number of likely N-dealkylation sites (tertiary alicyclic amines) is 1. The van der Waals surface area contributed by atoms with Gasteiger partial charge in [-0.15, -0.1) is 12.4 Å². The predicted octanol–water partition coefficient (Wildman–Crippen LogP) is 3.18. The van der Waals surface area contributed by atoms with Crippen LogP contribution in [-0.2, 0) is 10.0 Å². The summed E-state index contributed by atoms with van der Waals surface area (Å²) in [6.45, 7) is 3.32. The van der Waals surface area contributed by atoms with Crippen molar-refractivity contribution in [1.82, 2.24) is 10.2 Å². The van der Waals surface area contributed by atoms with E-state index in [1.54, 1.807) is 24.3 Å². The summed E-state index contributed by atoms with van der Waals surface area (Å²) in [7, 11) is -3.76. The molecule has 29 heavy (non-hydrogen) atoms. The van der Waals surface area contributed by atoms with Crippen LogP contribution < -0.4 is 10.0 Å². The van der Waals surface area contributed by atoms with E-state index in [0.717, 1.165) is 18.4 Å². The Morgan fingerprint density at radius 3 is 2.55 bits per heavy atom. The summed E-state index contributed by atoms with van der Waals surface area (Å²) in [5.41, 5.74) is 1.96. The van der Waals surface area contributed by atoms with Gasteiger partial charge in [0.15, 0.2) is 0 Å². The van der Waals surface area contributed by atoms with Crippen molar-refractivity contribution in [1.29, 1.82) is 0 Å². The fourth-order valence-corrected chi connectivity index (χ4v) is 5.05. The fraction of sp³-hybridized carbons (Fsp3) is 0.381. The minimum atomic E-state index is -3.76. The Morgan fingerprint density at radius 2 is 1.79 bits per heavy atom. The first-order valence-corrected chi connectivity index (χ1v) is 11.1. The molecular formula is C21H26ClN3O3S. The van der Waals surface area contributed by atoms with Crippen molar-refractivity contribution in [2.45, 2.75) is 43.2 Å². The number of benzene rings is 2. The number of anilines is 1. The Bertz CT molecular complexity index is 979. The van der Waals surface area contributed by atoms with Gasteiger partial charge in [-0.2, -0.15) is 0 Å². The Morgan fingerprint density at radius 1 is 1.07 bits per heavy atom. The van der Waals surface area contributed by atoms with E-state index in [9.17, 15) is 13.2 Å². The van der Waals surface area contributed by atoms with E-state index < -0.39 is 10.0 Å². The third-order valence-electron chi connectivity index (χ3n) is 5.51. The summed E-state index contributed by atoms with van der Waals surface area (Å²) in [6.07, 6.45) is 3.20. The first-order chi connectivity index (χ1) is 13.4. The van der Waals surface area contributed by atoms with Crippen molar-refractivity contribution in [3.8, 4) is 0 Å². The summed E-state index contributed by atoms with van der Waals surface area (Å²) >= 11 is 0. The molecule has 4 rings (SSSR count). The molecule has 2 bridgehead atoms. The summed E-state index contributed by atoms with van der Waals surface area (Å²) in [4.78, 5) is 14.9. The molecule has 156 valence electrons. The lowest BCUT2D eigenvalue weighted by Gasteiger charge is -2.24. The highest BCUT2D eigenvalue weighted by Crippen LogP contribution is 2.23. The molecule has 2 atom stereocenters. The van der Waals surface area contributed by atoms with Crippen molar-refractivity contribution < 1.29 is 13.2 Å². The van der Waals surface area contributed by atoms with Crippen molar-refractivity contribution in [2.75, 3.05) is 17.8 Å². The van der Waals surface area contributed by atoms with Crippen LogP contribution in [0.25, 0.3) is 0 Å². The Labute approximate surface area is 178 Å². The van der Waals surface area contributed by atoms with Crippen LogP contribution in [0.3, 0.4) is 0 Å². The molecule has 8 heteroatoms. The normalized spacial score (nSPS) is 21.2. The number of carbonyl (C=O) groups is 1. The zero-order chi connectivity index (χ0) is 19.7. The van der Waals surface area contributed by atoms with E-state index in [-0.39, 0.29) is 23.2 Å². The van der Waals surface area contributed by atoms with Gasteiger partial charge < -0.3 is 10.2 Å². The zero-order valence-corrected chi connectivity index (χ0v) is 17.9. The molecule has 6 nitrogen and oxygen atoms in total. The van der Waals surface area contributed by atoms with Crippen LogP contribution in [0.1, 0.15) is 35.2 Å². The van der Waals surface area contributed by atoms with E-state index in [4.69, 9.17) is 0 Å². The number of nitrogens with zero attached hydrogens (tertiary/aromatic N) is 1. The number of hydrogen-bond donors (Lipinski definition) is 2. The highest BCUT2D eigenvalue weighted by atomic mass is 35.5. The molecule has 2 N–H and O–H groups in total. The number of aryl methyl sites for hydroxylation is 1. The fourth-order valence-electron chi connectivity index (χ4n) is 3.94. The second-order valence-electron chi connectivity index (χ2n) is 7.68. The molecule has 2 aliphatic heterocycles. The van der Waals surface area contributed by atoms with Crippen LogP contribution in [0, 0.1) is 6.92 Å². The predicted molar refractivity (Wildman–Crippen MR) is 116 cm³/mol. The second kappa shape index (κ2) is 8.73. The van der Waals surface area contributed by atoms with Crippen LogP contribution in [-0.4, -0.2) is 44.4 Å². The first-order valence-electron chi connectivity index (χ1n) is 9.65. The number of fused-ring (bicyclic) bond motifs is 2. The summed E-state index contributed by atoms with van der Waals surface area (Å²) in [5, 5.41) is 3.56. The Hall–Kier alpha value is -2.09. The summed E-state index contributed by atoms with van der Waals surface area (Å²) in [6, 6.07) is 14.3. The van der Waals surface area contributed by atoms with Gasteiger partial charge in [0, 0.05) is 36.4 Å². The smallest absolute Gasteiger partial charge is 0.261 e. The van der Waals surface area contributed by atoms with Gasteiger partial charge in [-0.25, -0.2) is 8.42 Å². The molecule has 2 unspecified atom stereocenters. The monoisotopic (exact) mass is 435 g/mol. The van der Waals surface area contributed by atoms with Crippen molar-refractivity contribution in [3.05, 3.63) is 59.7 Å². The molecule has 2 saturated heterocycles. The lowest BCUT2D eigenvalue weighted by atomic mass is 10.1. The van der Waals surface area contributed by atoms with Crippen LogP contribution in [0.15, 0.2) is 53.4 Å². The Kier molecular flexibility index (Phi) is 6.51. The number of nitrogens with one attached hydrogen (secondary N) is 2. The second-order valence-corrected chi connectivity index (χ2v) is 9.36. The van der Waals surface area contributed by atoms with Gasteiger partial charge in [-0.1, -0.05) is 23.8 Å². The highest BCUT2D eigenvalue weighted by molar-refractivity contribution is 7.92. The van der Waals surface area contributed by atoms with Crippen molar-refractivity contribution >= 4 is 34.0 Å². The molecule has 2 heterocycles. The summed E-state index contributed by atoms with van der Waals surface area (Å²) < 4.78 is 28.1. The maximum atomic E-state index is 13.0. The average molecular weight is 436 g/mol. The lowest BCUT2D eigenvalue weighted by molar-refractivity contribution is 0.0748. The number of halogens is 1. The van der Waals surface area contributed by atoms with Gasteiger partial charge in [0.25, 0.3) is 15.9 Å². The lowest BCUT2D eigenvalue weighted by Crippen LogP contribution is -2.39. The van der Waals surface area contributed by atoms with Crippen LogP contribution in [0.2, 0.25) is 0 Å². The van der Waals surface area contributed by atoms with Crippen LogP contribution in [0.4, 0.5) is 5.69 Å². The highest BCUT2D eigenvalue weighted by Gasteiger charge is 2.31. The molecular weight excluding hydrogens is 410 g/mol. The molecule has 2 fully saturated rings. The van der Waals surface area contributed by atoms with Gasteiger partial charge in [0.1, 0.15) is 0 Å². The van der Waals surface area contributed by atoms with Gasteiger partial charge >= 0.3 is 0 Å².